The van der Waals surface area contributed by atoms with Crippen LogP contribution in [-0.2, 0) is 0 Å². The van der Waals surface area contributed by atoms with Gasteiger partial charge in [-0.2, -0.15) is 0 Å². The Morgan fingerprint density at radius 2 is 0.912 bits per heavy atom. The molecule has 8 nitrogen and oxygen atoms in total. The Kier molecular flexibility index (Phi) is 25.7. The summed E-state index contributed by atoms with van der Waals surface area (Å²) in [6, 6.07) is 5.02. The summed E-state index contributed by atoms with van der Waals surface area (Å²) in [6.45, 7) is 5.58. The van der Waals surface area contributed by atoms with Crippen molar-refractivity contribution in [2.75, 3.05) is 26.2 Å². The van der Waals surface area contributed by atoms with Crippen LogP contribution in [0.4, 0.5) is 0 Å². The molecular formula is C26H50N4O4. The lowest BCUT2D eigenvalue weighted by Gasteiger charge is -2.06. The van der Waals surface area contributed by atoms with Gasteiger partial charge in [-0.25, -0.2) is 9.59 Å². The molecule has 8 heteroatoms. The van der Waals surface area contributed by atoms with Crippen LogP contribution in [0, 0.1) is 5.92 Å². The van der Waals surface area contributed by atoms with Gasteiger partial charge in [-0.1, -0.05) is 58.3 Å². The van der Waals surface area contributed by atoms with Gasteiger partial charge in [-0.15, -0.1) is 0 Å². The molecule has 0 heterocycles. The monoisotopic (exact) mass is 482 g/mol. The molecule has 0 saturated carbocycles. The van der Waals surface area contributed by atoms with Crippen molar-refractivity contribution < 1.29 is 19.8 Å². The van der Waals surface area contributed by atoms with Crippen molar-refractivity contribution in [2.24, 2.45) is 28.9 Å². The van der Waals surface area contributed by atoms with Crippen LogP contribution in [-0.4, -0.2) is 48.3 Å². The van der Waals surface area contributed by atoms with Gasteiger partial charge in [0.05, 0.1) is 11.1 Å². The Morgan fingerprint density at radius 3 is 1.18 bits per heavy atom. The maximum atomic E-state index is 10.3. The van der Waals surface area contributed by atoms with Crippen molar-refractivity contribution in [1.82, 2.24) is 0 Å². The predicted molar refractivity (Wildman–Crippen MR) is 141 cm³/mol. The summed E-state index contributed by atoms with van der Waals surface area (Å²) in [7, 11) is 0. The van der Waals surface area contributed by atoms with Crippen LogP contribution >= 0.6 is 0 Å². The van der Waals surface area contributed by atoms with Gasteiger partial charge in [0.1, 0.15) is 0 Å². The summed E-state index contributed by atoms with van der Waals surface area (Å²) < 4.78 is 0. The van der Waals surface area contributed by atoms with Crippen LogP contribution < -0.4 is 22.9 Å². The molecule has 0 aliphatic heterocycles. The summed E-state index contributed by atoms with van der Waals surface area (Å²) in [6.07, 6.45) is 15.4. The number of unbranched alkanes of at least 4 members (excludes halogenated alkanes) is 9. The van der Waals surface area contributed by atoms with Crippen LogP contribution in [0.1, 0.15) is 105 Å². The lowest BCUT2D eigenvalue weighted by atomic mass is 10.0. The highest BCUT2D eigenvalue weighted by Crippen LogP contribution is 2.08. The van der Waals surface area contributed by atoms with E-state index in [2.05, 4.69) is 6.92 Å². The lowest BCUT2D eigenvalue weighted by Crippen LogP contribution is -2.10. The smallest absolute Gasteiger partial charge is 0.335 e. The Balaban J connectivity index is 0. The van der Waals surface area contributed by atoms with Crippen molar-refractivity contribution in [3.63, 3.8) is 0 Å². The van der Waals surface area contributed by atoms with E-state index in [1.807, 2.05) is 0 Å². The quantitative estimate of drug-likeness (QED) is 0.179. The van der Waals surface area contributed by atoms with Crippen molar-refractivity contribution in [3.05, 3.63) is 35.4 Å². The summed E-state index contributed by atoms with van der Waals surface area (Å²) >= 11 is 0. The first kappa shape index (κ1) is 34.2. The van der Waals surface area contributed by atoms with E-state index in [1.54, 1.807) is 0 Å². The van der Waals surface area contributed by atoms with Crippen molar-refractivity contribution in [2.45, 2.75) is 84.0 Å². The Morgan fingerprint density at radius 1 is 0.618 bits per heavy atom. The fraction of sp³-hybridized carbons (Fsp3) is 0.692. The number of benzene rings is 1. The fourth-order valence-electron chi connectivity index (χ4n) is 3.04. The van der Waals surface area contributed by atoms with Gasteiger partial charge in [0.2, 0.25) is 0 Å². The van der Waals surface area contributed by atoms with Gasteiger partial charge in [0, 0.05) is 0 Å². The van der Waals surface area contributed by atoms with Crippen LogP contribution in [0.5, 0.6) is 0 Å². The normalized spacial score (nSPS) is 11.0. The summed E-state index contributed by atoms with van der Waals surface area (Å²) in [5.74, 6) is -1.42. The SMILES string of the molecule is CC(CN)CCCCCCN.NCCCCCCCCCN.O=C(O)c1ccc(C(=O)O)cc1. The Hall–Kier alpha value is -2.00. The molecular weight excluding hydrogens is 432 g/mol. The van der Waals surface area contributed by atoms with Gasteiger partial charge >= 0.3 is 11.9 Å². The molecule has 1 unspecified atom stereocenters. The average Bonchev–Trinajstić information content (AvgIpc) is 2.84. The maximum absolute atomic E-state index is 10.3. The number of aromatic carboxylic acids is 2. The van der Waals surface area contributed by atoms with E-state index in [4.69, 9.17) is 33.1 Å². The van der Waals surface area contributed by atoms with Crippen LogP contribution in [0.25, 0.3) is 0 Å². The van der Waals surface area contributed by atoms with Crippen molar-refractivity contribution in [3.8, 4) is 0 Å². The van der Waals surface area contributed by atoms with Gasteiger partial charge in [0.25, 0.3) is 0 Å². The number of hydrogen-bond acceptors (Lipinski definition) is 6. The first-order valence-electron chi connectivity index (χ1n) is 12.7. The minimum Gasteiger partial charge on any atom is -0.478 e. The molecule has 1 aromatic rings. The first-order valence-corrected chi connectivity index (χ1v) is 12.7. The molecule has 1 atom stereocenters. The third-order valence-corrected chi connectivity index (χ3v) is 5.34. The van der Waals surface area contributed by atoms with E-state index in [1.165, 1.54) is 101 Å². The molecule has 10 N–H and O–H groups in total. The Bertz CT molecular complexity index is 556. The molecule has 0 aromatic heterocycles. The molecule has 0 radical (unpaired) electrons. The molecule has 0 saturated heterocycles. The number of carboxylic acid groups (broad SMARTS) is 2. The predicted octanol–water partition coefficient (Wildman–Crippen LogP) is 4.21. The van der Waals surface area contributed by atoms with E-state index in [0.717, 1.165) is 26.2 Å². The van der Waals surface area contributed by atoms with E-state index in [-0.39, 0.29) is 11.1 Å². The highest BCUT2D eigenvalue weighted by atomic mass is 16.4. The molecule has 34 heavy (non-hydrogen) atoms. The third kappa shape index (κ3) is 23.2. The minimum absolute atomic E-state index is 0.0833. The molecule has 0 aliphatic carbocycles. The molecule has 0 spiro atoms. The second kappa shape index (κ2) is 25.6. The standard InChI is InChI=1S/2C9H22N2.C8H6O4/c1-9(8-11)6-4-2-3-5-7-10;10-8-6-4-2-1-3-5-7-9-11;9-7(10)5-1-2-6(4-3-5)8(11)12/h9H,2-8,10-11H2,1H3;1-11H2;1-4H,(H,9,10)(H,11,12). The van der Waals surface area contributed by atoms with Crippen molar-refractivity contribution >= 4 is 11.9 Å². The van der Waals surface area contributed by atoms with Crippen LogP contribution in [0.3, 0.4) is 0 Å². The number of hydrogen-bond donors (Lipinski definition) is 6. The molecule has 0 aliphatic rings. The van der Waals surface area contributed by atoms with Gasteiger partial charge in [0.15, 0.2) is 0 Å². The second-order valence-electron chi connectivity index (χ2n) is 8.57. The number of carboxylic acids is 2. The zero-order valence-corrected chi connectivity index (χ0v) is 21.2. The topological polar surface area (TPSA) is 179 Å². The van der Waals surface area contributed by atoms with E-state index >= 15 is 0 Å². The maximum Gasteiger partial charge on any atom is 0.335 e. The highest BCUT2D eigenvalue weighted by Gasteiger charge is 2.04. The van der Waals surface area contributed by atoms with Gasteiger partial charge in [-0.3, -0.25) is 0 Å². The summed E-state index contributed by atoms with van der Waals surface area (Å²) in [5, 5.41) is 16.9. The molecule has 0 fully saturated rings. The minimum atomic E-state index is -1.06. The first-order chi connectivity index (χ1) is 16.3. The highest BCUT2D eigenvalue weighted by molar-refractivity contribution is 5.91. The van der Waals surface area contributed by atoms with Gasteiger partial charge < -0.3 is 33.1 Å². The van der Waals surface area contributed by atoms with Gasteiger partial charge in [-0.05, 0) is 82.0 Å². The largest absolute Gasteiger partial charge is 0.478 e. The third-order valence-electron chi connectivity index (χ3n) is 5.34. The second-order valence-corrected chi connectivity index (χ2v) is 8.57. The van der Waals surface area contributed by atoms with E-state index in [0.29, 0.717) is 5.92 Å². The fourth-order valence-corrected chi connectivity index (χ4v) is 3.04. The van der Waals surface area contributed by atoms with Crippen molar-refractivity contribution in [1.29, 1.82) is 0 Å². The molecule has 0 bridgehead atoms. The lowest BCUT2D eigenvalue weighted by molar-refractivity contribution is 0.0681. The molecule has 1 aromatic carbocycles. The number of carbonyl (C=O) groups is 2. The van der Waals surface area contributed by atoms with E-state index < -0.39 is 11.9 Å². The molecule has 198 valence electrons. The van der Waals surface area contributed by atoms with Crippen LogP contribution in [0.15, 0.2) is 24.3 Å². The Labute approximate surface area is 206 Å². The number of nitrogens with two attached hydrogens (primary N) is 4. The van der Waals surface area contributed by atoms with Crippen LogP contribution in [0.2, 0.25) is 0 Å². The zero-order chi connectivity index (χ0) is 26.0. The summed E-state index contributed by atoms with van der Waals surface area (Å²) in [5.41, 5.74) is 21.8. The molecule has 0 amide bonds. The number of rotatable bonds is 17. The van der Waals surface area contributed by atoms with E-state index in [9.17, 15) is 9.59 Å². The molecule has 1 rings (SSSR count). The average molecular weight is 483 g/mol. The zero-order valence-electron chi connectivity index (χ0n) is 21.2. The summed E-state index contributed by atoms with van der Waals surface area (Å²) in [4.78, 5) is 20.7.